The van der Waals surface area contributed by atoms with Crippen molar-refractivity contribution in [2.75, 3.05) is 31.1 Å². The van der Waals surface area contributed by atoms with Crippen molar-refractivity contribution in [2.45, 2.75) is 32.1 Å². The Morgan fingerprint density at radius 3 is 2.56 bits per heavy atom. The Kier molecular flexibility index (Phi) is 4.63. The molecule has 7 nitrogen and oxygen atoms in total. The van der Waals surface area contributed by atoms with E-state index in [1.807, 2.05) is 21.7 Å². The van der Waals surface area contributed by atoms with Crippen molar-refractivity contribution in [2.24, 2.45) is 5.92 Å². The van der Waals surface area contributed by atoms with Crippen LogP contribution >= 0.6 is 0 Å². The van der Waals surface area contributed by atoms with E-state index >= 15 is 0 Å². The zero-order chi connectivity index (χ0) is 17.1. The van der Waals surface area contributed by atoms with Gasteiger partial charge in [0.05, 0.1) is 0 Å². The molecule has 7 heteroatoms. The maximum absolute atomic E-state index is 12.5. The molecule has 25 heavy (non-hydrogen) atoms. The van der Waals surface area contributed by atoms with Crippen LogP contribution in [0.4, 0.5) is 5.82 Å². The highest BCUT2D eigenvalue weighted by Gasteiger charge is 2.25. The first-order valence-corrected chi connectivity index (χ1v) is 9.13. The van der Waals surface area contributed by atoms with Gasteiger partial charge in [-0.1, -0.05) is 12.8 Å². The molecule has 0 N–H and O–H groups in total. The predicted octanol–water partition coefficient (Wildman–Crippen LogP) is 1.89. The molecule has 1 amide bonds. The van der Waals surface area contributed by atoms with E-state index in [2.05, 4.69) is 19.9 Å². The minimum absolute atomic E-state index is 0.327. The topological polar surface area (TPSA) is 67.2 Å². The summed E-state index contributed by atoms with van der Waals surface area (Å²) in [4.78, 5) is 29.5. The molecule has 3 heterocycles. The van der Waals surface area contributed by atoms with E-state index < -0.39 is 0 Å². The highest BCUT2D eigenvalue weighted by atomic mass is 16.2. The Hall–Kier alpha value is -2.44. The molecule has 1 saturated heterocycles. The van der Waals surface area contributed by atoms with E-state index in [1.165, 1.54) is 25.7 Å². The minimum Gasteiger partial charge on any atom is -0.353 e. The fourth-order valence-corrected chi connectivity index (χ4v) is 3.82. The number of anilines is 1. The van der Waals surface area contributed by atoms with Gasteiger partial charge in [-0.2, -0.15) is 0 Å². The first-order valence-electron chi connectivity index (χ1n) is 9.13. The molecule has 0 bridgehead atoms. The number of piperazine rings is 1. The van der Waals surface area contributed by atoms with Crippen LogP contribution in [0.1, 0.15) is 32.1 Å². The van der Waals surface area contributed by atoms with Crippen molar-refractivity contribution in [3.63, 3.8) is 0 Å². The van der Waals surface area contributed by atoms with Crippen molar-refractivity contribution in [3.8, 4) is 5.82 Å². The van der Waals surface area contributed by atoms with Crippen molar-refractivity contribution in [1.29, 1.82) is 0 Å². The maximum Gasteiger partial charge on any atom is 0.222 e. The second kappa shape index (κ2) is 7.21. The maximum atomic E-state index is 12.5. The summed E-state index contributed by atoms with van der Waals surface area (Å²) in [7, 11) is 0. The molecule has 2 aromatic rings. The summed E-state index contributed by atoms with van der Waals surface area (Å²) in [5.74, 6) is 2.65. The van der Waals surface area contributed by atoms with Gasteiger partial charge in [0.15, 0.2) is 0 Å². The Labute approximate surface area is 147 Å². The van der Waals surface area contributed by atoms with Crippen LogP contribution in [0, 0.1) is 5.92 Å². The second-order valence-electron chi connectivity index (χ2n) is 6.93. The van der Waals surface area contributed by atoms with E-state index in [0.717, 1.165) is 44.2 Å². The summed E-state index contributed by atoms with van der Waals surface area (Å²) < 4.78 is 1.87. The molecule has 1 aliphatic carbocycles. The average Bonchev–Trinajstić information content (AvgIpc) is 3.36. The van der Waals surface area contributed by atoms with E-state index in [9.17, 15) is 4.79 Å². The molecule has 0 spiro atoms. The summed E-state index contributed by atoms with van der Waals surface area (Å²) in [6.07, 6.45) is 12.7. The van der Waals surface area contributed by atoms with E-state index in [0.29, 0.717) is 11.8 Å². The fraction of sp³-hybridized carbons (Fsp3) is 0.556. The number of amides is 1. The molecule has 0 atom stereocenters. The van der Waals surface area contributed by atoms with Crippen LogP contribution in [0.5, 0.6) is 0 Å². The average molecular weight is 340 g/mol. The summed E-state index contributed by atoms with van der Waals surface area (Å²) >= 11 is 0. The number of aromatic nitrogens is 4. The molecule has 1 aliphatic heterocycles. The van der Waals surface area contributed by atoms with E-state index in [-0.39, 0.29) is 0 Å². The lowest BCUT2D eigenvalue weighted by Crippen LogP contribution is -2.49. The Morgan fingerprint density at radius 1 is 1.08 bits per heavy atom. The van der Waals surface area contributed by atoms with Gasteiger partial charge in [-0.05, 0) is 18.8 Å². The van der Waals surface area contributed by atoms with Gasteiger partial charge >= 0.3 is 0 Å². The van der Waals surface area contributed by atoms with Crippen LogP contribution in [0.2, 0.25) is 0 Å². The largest absolute Gasteiger partial charge is 0.353 e. The number of carbonyl (C=O) groups is 1. The Bertz CT molecular complexity index is 702. The van der Waals surface area contributed by atoms with Crippen LogP contribution in [0.3, 0.4) is 0 Å². The van der Waals surface area contributed by atoms with E-state index in [4.69, 9.17) is 0 Å². The lowest BCUT2D eigenvalue weighted by atomic mass is 10.0. The molecule has 0 radical (unpaired) electrons. The van der Waals surface area contributed by atoms with Gasteiger partial charge in [-0.15, -0.1) is 0 Å². The quantitative estimate of drug-likeness (QED) is 0.850. The number of carbonyl (C=O) groups excluding carboxylic acids is 1. The Balaban J connectivity index is 1.35. The molecular weight excluding hydrogens is 316 g/mol. The number of hydrogen-bond acceptors (Lipinski definition) is 5. The Morgan fingerprint density at radius 2 is 1.84 bits per heavy atom. The standard InChI is InChI=1S/C18H24N6O/c25-18(11-15-3-1-2-4-15)23-9-7-22(8-10-23)16-12-17(21-13-20-16)24-6-5-19-14-24/h5-6,12-15H,1-4,7-11H2. The van der Waals surface area contributed by atoms with Crippen LogP contribution in [-0.4, -0.2) is 56.5 Å². The number of nitrogens with zero attached hydrogens (tertiary/aromatic N) is 6. The zero-order valence-corrected chi connectivity index (χ0v) is 14.4. The first-order chi connectivity index (χ1) is 12.3. The van der Waals surface area contributed by atoms with Gasteiger partial charge in [0.2, 0.25) is 5.91 Å². The van der Waals surface area contributed by atoms with Gasteiger partial charge in [0.25, 0.3) is 0 Å². The molecule has 2 aliphatic rings. The molecule has 2 aromatic heterocycles. The summed E-state index contributed by atoms with van der Waals surface area (Å²) in [6, 6.07) is 1.97. The first kappa shape index (κ1) is 16.1. The third-order valence-corrected chi connectivity index (χ3v) is 5.30. The minimum atomic E-state index is 0.327. The van der Waals surface area contributed by atoms with Gasteiger partial charge in [-0.25, -0.2) is 15.0 Å². The van der Waals surface area contributed by atoms with Crippen LogP contribution in [0.15, 0.2) is 31.1 Å². The predicted molar refractivity (Wildman–Crippen MR) is 94.5 cm³/mol. The van der Waals surface area contributed by atoms with E-state index in [1.54, 1.807) is 18.9 Å². The van der Waals surface area contributed by atoms with Crippen LogP contribution in [0.25, 0.3) is 5.82 Å². The normalized spacial score (nSPS) is 18.7. The van der Waals surface area contributed by atoms with Gasteiger partial charge < -0.3 is 9.80 Å². The van der Waals surface area contributed by atoms with Crippen molar-refractivity contribution in [3.05, 3.63) is 31.1 Å². The molecule has 4 rings (SSSR count). The lowest BCUT2D eigenvalue weighted by molar-refractivity contribution is -0.132. The molecular formula is C18H24N6O. The molecule has 0 aromatic carbocycles. The third kappa shape index (κ3) is 3.65. The summed E-state index contributed by atoms with van der Waals surface area (Å²) in [5, 5.41) is 0. The van der Waals surface area contributed by atoms with Gasteiger partial charge in [-0.3, -0.25) is 9.36 Å². The second-order valence-corrected chi connectivity index (χ2v) is 6.93. The molecule has 2 fully saturated rings. The van der Waals surface area contributed by atoms with Gasteiger partial charge in [0.1, 0.15) is 24.3 Å². The number of rotatable bonds is 4. The lowest BCUT2D eigenvalue weighted by Gasteiger charge is -2.35. The van der Waals surface area contributed by atoms with Crippen molar-refractivity contribution < 1.29 is 4.79 Å². The third-order valence-electron chi connectivity index (χ3n) is 5.30. The highest BCUT2D eigenvalue weighted by Crippen LogP contribution is 2.28. The summed E-state index contributed by atoms with van der Waals surface area (Å²) in [6.45, 7) is 3.18. The van der Waals surface area contributed by atoms with Gasteiger partial charge in [0, 0.05) is 51.1 Å². The number of hydrogen-bond donors (Lipinski definition) is 0. The molecule has 1 saturated carbocycles. The fourth-order valence-electron chi connectivity index (χ4n) is 3.82. The SMILES string of the molecule is O=C(CC1CCCC1)N1CCN(c2cc(-n3ccnc3)ncn2)CC1. The van der Waals surface area contributed by atoms with Crippen LogP contribution in [-0.2, 0) is 4.79 Å². The molecule has 0 unspecified atom stereocenters. The number of imidazole rings is 1. The van der Waals surface area contributed by atoms with Crippen molar-refractivity contribution in [1.82, 2.24) is 24.4 Å². The monoisotopic (exact) mass is 340 g/mol. The molecule has 132 valence electrons. The smallest absolute Gasteiger partial charge is 0.222 e. The van der Waals surface area contributed by atoms with Crippen molar-refractivity contribution >= 4 is 11.7 Å². The van der Waals surface area contributed by atoms with Crippen LogP contribution < -0.4 is 4.90 Å². The zero-order valence-electron chi connectivity index (χ0n) is 14.4. The summed E-state index contributed by atoms with van der Waals surface area (Å²) in [5.41, 5.74) is 0. The highest BCUT2D eigenvalue weighted by molar-refractivity contribution is 5.76.